The summed E-state index contributed by atoms with van der Waals surface area (Å²) in [6.07, 6.45) is -4.37. The normalized spacial score (nSPS) is 17.7. The Labute approximate surface area is 222 Å². The molecule has 1 amide bonds. The van der Waals surface area contributed by atoms with Gasteiger partial charge in [0.25, 0.3) is 0 Å². The van der Waals surface area contributed by atoms with Crippen molar-refractivity contribution >= 4 is 21.9 Å². The molecule has 0 unspecified atom stereocenters. The average Bonchev–Trinajstić information content (AvgIpc) is 2.84. The number of carbonyl (C=O) groups excluding carboxylic acids is 1. The van der Waals surface area contributed by atoms with Crippen LogP contribution in [0.3, 0.4) is 0 Å². The van der Waals surface area contributed by atoms with Crippen molar-refractivity contribution in [2.24, 2.45) is 0 Å². The van der Waals surface area contributed by atoms with Crippen molar-refractivity contribution in [3.8, 4) is 0 Å². The first-order valence-electron chi connectivity index (χ1n) is 12.5. The molecule has 10 nitrogen and oxygen atoms in total. The number of likely N-dealkylation sites (N-methyl/N-ethyl adjacent to an activating group) is 1. The summed E-state index contributed by atoms with van der Waals surface area (Å²) in [7, 11) is -1.63. The molecule has 38 heavy (non-hydrogen) atoms. The van der Waals surface area contributed by atoms with Crippen molar-refractivity contribution < 1.29 is 36.3 Å². The molecule has 0 aliphatic carbocycles. The molecule has 1 aromatic rings. The minimum absolute atomic E-state index is 0.0988. The van der Waals surface area contributed by atoms with E-state index in [1.807, 2.05) is 26.0 Å². The number of piperazine rings is 2. The van der Waals surface area contributed by atoms with Crippen LogP contribution in [0.4, 0.5) is 13.2 Å². The van der Waals surface area contributed by atoms with Crippen molar-refractivity contribution in [1.82, 2.24) is 24.3 Å². The van der Waals surface area contributed by atoms with Crippen molar-refractivity contribution in [2.45, 2.75) is 31.3 Å². The van der Waals surface area contributed by atoms with Crippen molar-refractivity contribution in [2.75, 3.05) is 79.0 Å². The summed E-state index contributed by atoms with van der Waals surface area (Å²) >= 11 is 0. The Morgan fingerprint density at radius 2 is 1.63 bits per heavy atom. The van der Waals surface area contributed by atoms with Gasteiger partial charge in [0, 0.05) is 58.9 Å². The lowest BCUT2D eigenvalue weighted by molar-refractivity contribution is -0.192. The maximum absolute atomic E-state index is 13.5. The maximum atomic E-state index is 13.5. The van der Waals surface area contributed by atoms with Crippen LogP contribution in [0.2, 0.25) is 0 Å². The molecule has 0 aromatic heterocycles. The molecule has 3 rings (SSSR count). The maximum Gasteiger partial charge on any atom is 0.490 e. The number of carbonyl (C=O) groups is 2. The molecule has 2 aliphatic heterocycles. The summed E-state index contributed by atoms with van der Waals surface area (Å²) in [5, 5.41) is 10.4. The third-order valence-corrected chi connectivity index (χ3v) is 8.46. The highest BCUT2D eigenvalue weighted by molar-refractivity contribution is 7.89. The Bertz CT molecular complexity index is 1040. The molecule has 0 radical (unpaired) electrons. The van der Waals surface area contributed by atoms with Crippen molar-refractivity contribution in [3.05, 3.63) is 29.3 Å². The number of sulfonamides is 1. The monoisotopic (exact) mass is 565 g/mol. The minimum atomic E-state index is -5.08. The number of carboxylic acids is 1. The van der Waals surface area contributed by atoms with Gasteiger partial charge in [0.15, 0.2) is 0 Å². The Morgan fingerprint density at radius 3 is 2.16 bits per heavy atom. The van der Waals surface area contributed by atoms with E-state index < -0.39 is 22.2 Å². The fourth-order valence-electron chi connectivity index (χ4n) is 4.22. The lowest BCUT2D eigenvalue weighted by Gasteiger charge is -2.33. The number of alkyl halides is 3. The molecule has 0 atom stereocenters. The number of benzene rings is 1. The summed E-state index contributed by atoms with van der Waals surface area (Å²) in [4.78, 5) is 28.5. The van der Waals surface area contributed by atoms with Gasteiger partial charge < -0.3 is 25.1 Å². The van der Waals surface area contributed by atoms with E-state index >= 15 is 0 Å². The van der Waals surface area contributed by atoms with E-state index in [0.717, 1.165) is 56.9 Å². The summed E-state index contributed by atoms with van der Waals surface area (Å²) < 4.78 is 60.2. The first-order valence-corrected chi connectivity index (χ1v) is 13.9. The molecule has 0 spiro atoms. The fraction of sp³-hybridized carbons (Fsp3) is 0.667. The fourth-order valence-corrected chi connectivity index (χ4v) is 5.85. The van der Waals surface area contributed by atoms with Gasteiger partial charge in [-0.05, 0) is 45.5 Å². The summed E-state index contributed by atoms with van der Waals surface area (Å²) in [6, 6.07) is 5.37. The zero-order chi connectivity index (χ0) is 28.5. The van der Waals surface area contributed by atoms with Gasteiger partial charge in [0.2, 0.25) is 15.9 Å². The lowest BCUT2D eigenvalue weighted by atomic mass is 10.2. The number of aryl methyl sites for hydroxylation is 2. The van der Waals surface area contributed by atoms with Crippen LogP contribution in [-0.2, 0) is 19.6 Å². The Balaban J connectivity index is 0.000000638. The van der Waals surface area contributed by atoms with Gasteiger partial charge in [0.05, 0.1) is 11.4 Å². The van der Waals surface area contributed by atoms with Gasteiger partial charge in [0.1, 0.15) is 0 Å². The van der Waals surface area contributed by atoms with E-state index in [-0.39, 0.29) is 12.5 Å². The molecule has 14 heteroatoms. The van der Waals surface area contributed by atoms with Crippen LogP contribution in [-0.4, -0.2) is 130 Å². The second kappa shape index (κ2) is 14.2. The van der Waals surface area contributed by atoms with Crippen molar-refractivity contribution in [3.63, 3.8) is 0 Å². The molecule has 2 N–H and O–H groups in total. The molecule has 216 valence electrons. The predicted molar refractivity (Wildman–Crippen MR) is 136 cm³/mol. The van der Waals surface area contributed by atoms with Gasteiger partial charge in [-0.15, -0.1) is 0 Å². The standard InChI is InChI=1S/C22H37N5O3S.C2HF3O2/c1-19-5-6-21(20(2)17-19)31(29,30)27(18-22(28)26-11-7-23-8-12-26)10-4-9-25-15-13-24(3)14-16-25;3-2(4,5)1(6)7/h5-6,17,23H,4,7-16,18H2,1-3H3;(H,6,7). The Morgan fingerprint density at radius 1 is 1.05 bits per heavy atom. The molecule has 2 saturated heterocycles. The number of nitrogens with one attached hydrogen (secondary N) is 1. The number of aliphatic carboxylic acids is 1. The first kappa shape index (κ1) is 32.0. The van der Waals surface area contributed by atoms with Crippen molar-refractivity contribution in [1.29, 1.82) is 0 Å². The summed E-state index contributed by atoms with van der Waals surface area (Å²) in [6.45, 7) is 11.7. The number of hydrogen-bond acceptors (Lipinski definition) is 7. The molecular formula is C24H38F3N5O5S. The van der Waals surface area contributed by atoms with Crippen LogP contribution in [0, 0.1) is 13.8 Å². The molecular weight excluding hydrogens is 527 g/mol. The molecule has 0 bridgehead atoms. The third kappa shape index (κ3) is 9.80. The van der Waals surface area contributed by atoms with Gasteiger partial charge in [-0.1, -0.05) is 17.7 Å². The number of rotatable bonds is 8. The number of hydrogen-bond donors (Lipinski definition) is 2. The van der Waals surface area contributed by atoms with Crippen LogP contribution in [0.5, 0.6) is 0 Å². The van der Waals surface area contributed by atoms with E-state index in [1.54, 1.807) is 11.0 Å². The number of carboxylic acid groups (broad SMARTS) is 1. The molecule has 2 heterocycles. The quantitative estimate of drug-likeness (QED) is 0.480. The van der Waals surface area contributed by atoms with Crippen LogP contribution in [0.25, 0.3) is 0 Å². The second-order valence-corrected chi connectivity index (χ2v) is 11.4. The van der Waals surface area contributed by atoms with Crippen LogP contribution in [0.1, 0.15) is 17.5 Å². The third-order valence-electron chi connectivity index (χ3n) is 6.45. The predicted octanol–water partition coefficient (Wildman–Crippen LogP) is 0.997. The summed E-state index contributed by atoms with van der Waals surface area (Å²) in [5.74, 6) is -2.87. The van der Waals surface area contributed by atoms with Gasteiger partial charge in [-0.3, -0.25) is 4.79 Å². The molecule has 2 fully saturated rings. The van der Waals surface area contributed by atoms with Gasteiger partial charge >= 0.3 is 12.1 Å². The van der Waals surface area contributed by atoms with Gasteiger partial charge in [-0.2, -0.15) is 17.5 Å². The molecule has 0 saturated carbocycles. The average molecular weight is 566 g/mol. The SMILES string of the molecule is Cc1ccc(S(=O)(=O)N(CCCN2CCN(C)CC2)CC(=O)N2CCNCC2)c(C)c1.O=C(O)C(F)(F)F. The van der Waals surface area contributed by atoms with E-state index in [1.165, 1.54) is 4.31 Å². The first-order chi connectivity index (χ1) is 17.7. The second-order valence-electron chi connectivity index (χ2n) is 9.54. The zero-order valence-corrected chi connectivity index (χ0v) is 22.9. The highest BCUT2D eigenvalue weighted by atomic mass is 32.2. The molecule has 2 aliphatic rings. The highest BCUT2D eigenvalue weighted by Crippen LogP contribution is 2.22. The number of nitrogens with zero attached hydrogens (tertiary/aromatic N) is 4. The minimum Gasteiger partial charge on any atom is -0.475 e. The van der Waals surface area contributed by atoms with E-state index in [0.29, 0.717) is 31.0 Å². The molecule has 1 aromatic carbocycles. The highest BCUT2D eigenvalue weighted by Gasteiger charge is 2.38. The van der Waals surface area contributed by atoms with Crippen LogP contribution in [0.15, 0.2) is 23.1 Å². The van der Waals surface area contributed by atoms with E-state index in [2.05, 4.69) is 22.2 Å². The number of halogens is 3. The number of amides is 1. The van der Waals surface area contributed by atoms with Crippen LogP contribution >= 0.6 is 0 Å². The van der Waals surface area contributed by atoms with Gasteiger partial charge in [-0.25, -0.2) is 13.2 Å². The smallest absolute Gasteiger partial charge is 0.475 e. The van der Waals surface area contributed by atoms with E-state index in [9.17, 15) is 26.4 Å². The Kier molecular flexibility index (Phi) is 12.0. The Hall–Kier alpha value is -2.26. The largest absolute Gasteiger partial charge is 0.490 e. The van der Waals surface area contributed by atoms with Crippen LogP contribution < -0.4 is 5.32 Å². The van der Waals surface area contributed by atoms with E-state index in [4.69, 9.17) is 9.90 Å². The summed E-state index contributed by atoms with van der Waals surface area (Å²) in [5.41, 5.74) is 1.74. The zero-order valence-electron chi connectivity index (χ0n) is 22.1. The topological polar surface area (TPSA) is 114 Å². The lowest BCUT2D eigenvalue weighted by Crippen LogP contribution is -2.50.